The van der Waals surface area contributed by atoms with Gasteiger partial charge in [-0.2, -0.15) is 13.2 Å². The minimum absolute atomic E-state index is 0.0492. The minimum Gasteiger partial charge on any atom is -0.497 e. The van der Waals surface area contributed by atoms with Gasteiger partial charge in [-0.15, -0.1) is 0 Å². The number of nitrogens with zero attached hydrogens (tertiary/aromatic N) is 1. The van der Waals surface area contributed by atoms with E-state index in [2.05, 4.69) is 5.32 Å². The van der Waals surface area contributed by atoms with Crippen LogP contribution in [0.25, 0.3) is 0 Å². The second-order valence-electron chi connectivity index (χ2n) is 5.85. The van der Waals surface area contributed by atoms with Crippen molar-refractivity contribution >= 4 is 6.03 Å². The number of carbonyl (C=O) groups is 1. The smallest absolute Gasteiger partial charge is 0.416 e. The van der Waals surface area contributed by atoms with Gasteiger partial charge in [-0.1, -0.05) is 6.07 Å². The molecule has 0 unspecified atom stereocenters. The van der Waals surface area contributed by atoms with Crippen LogP contribution in [0.3, 0.4) is 0 Å². The van der Waals surface area contributed by atoms with Crippen LogP contribution in [0.1, 0.15) is 25.0 Å². The van der Waals surface area contributed by atoms with Crippen molar-refractivity contribution in [3.63, 3.8) is 0 Å². The van der Waals surface area contributed by atoms with Crippen LogP contribution < -0.4 is 10.1 Å². The Balaban J connectivity index is 2.83. The van der Waals surface area contributed by atoms with Crippen molar-refractivity contribution in [2.45, 2.75) is 32.2 Å². The number of hydrogen-bond donors (Lipinski definition) is 2. The van der Waals surface area contributed by atoms with E-state index in [1.165, 1.54) is 45.0 Å². The summed E-state index contributed by atoms with van der Waals surface area (Å²) >= 11 is 0. The highest BCUT2D eigenvalue weighted by molar-refractivity contribution is 5.74. The fraction of sp³-hybridized carbons (Fsp3) is 0.533. The van der Waals surface area contributed by atoms with E-state index in [1.807, 2.05) is 0 Å². The lowest BCUT2D eigenvalue weighted by Crippen LogP contribution is -2.44. The summed E-state index contributed by atoms with van der Waals surface area (Å²) in [7, 11) is 2.73. The Morgan fingerprint density at radius 2 is 1.96 bits per heavy atom. The van der Waals surface area contributed by atoms with E-state index in [0.29, 0.717) is 0 Å². The van der Waals surface area contributed by atoms with E-state index in [-0.39, 0.29) is 24.4 Å². The van der Waals surface area contributed by atoms with Crippen LogP contribution in [0.5, 0.6) is 5.75 Å². The molecule has 23 heavy (non-hydrogen) atoms. The predicted molar refractivity (Wildman–Crippen MR) is 79.2 cm³/mol. The molecular formula is C15H21F3N2O3. The van der Waals surface area contributed by atoms with Crippen molar-refractivity contribution in [3.05, 3.63) is 29.3 Å². The van der Waals surface area contributed by atoms with Gasteiger partial charge in [0.2, 0.25) is 0 Å². The molecule has 0 aliphatic heterocycles. The molecule has 0 radical (unpaired) electrons. The molecular weight excluding hydrogens is 313 g/mol. The molecule has 0 saturated heterocycles. The first-order valence-corrected chi connectivity index (χ1v) is 6.89. The second kappa shape index (κ2) is 7.08. The molecule has 1 aromatic carbocycles. The molecule has 1 aromatic rings. The van der Waals surface area contributed by atoms with Crippen LogP contribution >= 0.6 is 0 Å². The molecule has 0 spiro atoms. The standard InChI is InChI=1S/C15H21F3N2O3/c1-14(2,22)9-20(3)13(21)19-8-10-5-6-11(23-4)7-12(10)15(16,17)18/h5-7,22H,8-9H2,1-4H3,(H,19,21). The largest absolute Gasteiger partial charge is 0.497 e. The van der Waals surface area contributed by atoms with Crippen molar-refractivity contribution in [2.24, 2.45) is 0 Å². The average molecular weight is 334 g/mol. The molecule has 0 aliphatic carbocycles. The number of aliphatic hydroxyl groups is 1. The number of ether oxygens (including phenoxy) is 1. The molecule has 5 nitrogen and oxygen atoms in total. The van der Waals surface area contributed by atoms with Gasteiger partial charge >= 0.3 is 12.2 Å². The van der Waals surface area contributed by atoms with Gasteiger partial charge in [-0.25, -0.2) is 4.79 Å². The number of methoxy groups -OCH3 is 1. The topological polar surface area (TPSA) is 61.8 Å². The molecule has 0 aliphatic rings. The van der Waals surface area contributed by atoms with Gasteiger partial charge in [0, 0.05) is 13.6 Å². The number of nitrogens with one attached hydrogen (secondary N) is 1. The van der Waals surface area contributed by atoms with E-state index in [0.717, 1.165) is 6.07 Å². The molecule has 0 fully saturated rings. The maximum atomic E-state index is 13.1. The van der Waals surface area contributed by atoms with Gasteiger partial charge in [0.15, 0.2) is 0 Å². The van der Waals surface area contributed by atoms with E-state index in [4.69, 9.17) is 4.74 Å². The van der Waals surface area contributed by atoms with Crippen LogP contribution in [-0.4, -0.2) is 42.3 Å². The summed E-state index contributed by atoms with van der Waals surface area (Å²) in [5.74, 6) is 0.0894. The zero-order chi connectivity index (χ0) is 17.8. The molecule has 2 N–H and O–H groups in total. The van der Waals surface area contributed by atoms with Gasteiger partial charge in [0.1, 0.15) is 5.75 Å². The highest BCUT2D eigenvalue weighted by Gasteiger charge is 2.34. The summed E-state index contributed by atoms with van der Waals surface area (Å²) in [4.78, 5) is 13.1. The van der Waals surface area contributed by atoms with Crippen LogP contribution in [0.15, 0.2) is 18.2 Å². The lowest BCUT2D eigenvalue weighted by Gasteiger charge is -2.26. The summed E-state index contributed by atoms with van der Waals surface area (Å²) in [6.07, 6.45) is -4.55. The van der Waals surface area contributed by atoms with Crippen LogP contribution in [0.2, 0.25) is 0 Å². The molecule has 0 atom stereocenters. The summed E-state index contributed by atoms with van der Waals surface area (Å²) in [6, 6.07) is 2.98. The molecule has 0 saturated carbocycles. The number of halogens is 3. The number of urea groups is 1. The Hall–Kier alpha value is -1.96. The molecule has 2 amide bonds. The third kappa shape index (κ3) is 5.97. The summed E-state index contributed by atoms with van der Waals surface area (Å²) in [5, 5.41) is 12.1. The Labute approximate surface area is 133 Å². The van der Waals surface area contributed by atoms with Gasteiger partial charge < -0.3 is 20.1 Å². The van der Waals surface area contributed by atoms with Crippen LogP contribution in [0, 0.1) is 0 Å². The average Bonchev–Trinajstić information content (AvgIpc) is 2.41. The quantitative estimate of drug-likeness (QED) is 0.870. The fourth-order valence-corrected chi connectivity index (χ4v) is 2.06. The van der Waals surface area contributed by atoms with Crippen molar-refractivity contribution in [1.82, 2.24) is 10.2 Å². The molecule has 0 heterocycles. The van der Waals surface area contributed by atoms with Gasteiger partial charge in [-0.3, -0.25) is 0 Å². The van der Waals surface area contributed by atoms with Gasteiger partial charge in [-0.05, 0) is 31.5 Å². The maximum absolute atomic E-state index is 13.1. The SMILES string of the molecule is COc1ccc(CNC(=O)N(C)CC(C)(C)O)c(C(F)(F)F)c1. The first-order chi connectivity index (χ1) is 10.4. The maximum Gasteiger partial charge on any atom is 0.416 e. The normalized spacial score (nSPS) is 12.0. The van der Waals surface area contributed by atoms with Crippen molar-refractivity contribution in [2.75, 3.05) is 20.7 Å². The lowest BCUT2D eigenvalue weighted by molar-refractivity contribution is -0.138. The molecule has 1 rings (SSSR count). The third-order valence-electron chi connectivity index (χ3n) is 3.02. The van der Waals surface area contributed by atoms with Crippen LogP contribution in [0.4, 0.5) is 18.0 Å². The third-order valence-corrected chi connectivity index (χ3v) is 3.02. The van der Waals surface area contributed by atoms with E-state index < -0.39 is 23.4 Å². The number of likely N-dealkylation sites (N-methyl/N-ethyl adjacent to an activating group) is 1. The number of carbonyl (C=O) groups excluding carboxylic acids is 1. The highest BCUT2D eigenvalue weighted by atomic mass is 19.4. The van der Waals surface area contributed by atoms with Gasteiger partial charge in [0.25, 0.3) is 0 Å². The summed E-state index contributed by atoms with van der Waals surface area (Å²) < 4.78 is 44.0. The van der Waals surface area contributed by atoms with E-state index >= 15 is 0 Å². The highest BCUT2D eigenvalue weighted by Crippen LogP contribution is 2.34. The number of alkyl halides is 3. The number of benzene rings is 1. The molecule has 0 bridgehead atoms. The molecule has 130 valence electrons. The first kappa shape index (κ1) is 19.1. The molecule has 8 heteroatoms. The van der Waals surface area contributed by atoms with Crippen molar-refractivity contribution in [3.8, 4) is 5.75 Å². The van der Waals surface area contributed by atoms with Gasteiger partial charge in [0.05, 0.1) is 24.8 Å². The Bertz CT molecular complexity index is 554. The predicted octanol–water partition coefficient (Wildman–Crippen LogP) is 2.63. The Morgan fingerprint density at radius 1 is 1.35 bits per heavy atom. The second-order valence-corrected chi connectivity index (χ2v) is 5.85. The Morgan fingerprint density at radius 3 is 2.43 bits per heavy atom. The first-order valence-electron chi connectivity index (χ1n) is 6.89. The number of hydrogen-bond acceptors (Lipinski definition) is 3. The minimum atomic E-state index is -4.55. The zero-order valence-electron chi connectivity index (χ0n) is 13.5. The monoisotopic (exact) mass is 334 g/mol. The fourth-order valence-electron chi connectivity index (χ4n) is 2.06. The summed E-state index contributed by atoms with van der Waals surface area (Å²) in [6.45, 7) is 2.82. The van der Waals surface area contributed by atoms with E-state index in [1.54, 1.807) is 0 Å². The zero-order valence-corrected chi connectivity index (χ0v) is 13.5. The number of amides is 2. The van der Waals surface area contributed by atoms with Crippen molar-refractivity contribution in [1.29, 1.82) is 0 Å². The van der Waals surface area contributed by atoms with Crippen molar-refractivity contribution < 1.29 is 27.8 Å². The summed E-state index contributed by atoms with van der Waals surface area (Å²) in [5.41, 5.74) is -2.02. The van der Waals surface area contributed by atoms with Crippen LogP contribution in [-0.2, 0) is 12.7 Å². The number of rotatable bonds is 5. The lowest BCUT2D eigenvalue weighted by atomic mass is 10.1. The van der Waals surface area contributed by atoms with E-state index in [9.17, 15) is 23.1 Å². The molecule has 0 aromatic heterocycles. The Kier molecular flexibility index (Phi) is 5.87.